The third-order valence-corrected chi connectivity index (χ3v) is 2.63. The minimum Gasteiger partial charge on any atom is -0.445 e. The SMILES string of the molecule is CC.CC(C)c1ccc(C2NNC(=S)O2)cc1. The van der Waals surface area contributed by atoms with Crippen LogP contribution in [0.4, 0.5) is 0 Å². The first-order chi connectivity index (χ1) is 8.16. The van der Waals surface area contributed by atoms with Gasteiger partial charge >= 0.3 is 0 Å². The molecule has 1 aromatic rings. The van der Waals surface area contributed by atoms with Gasteiger partial charge in [-0.05, 0) is 23.7 Å². The highest BCUT2D eigenvalue weighted by molar-refractivity contribution is 7.80. The van der Waals surface area contributed by atoms with Crippen molar-refractivity contribution in [3.05, 3.63) is 35.4 Å². The summed E-state index contributed by atoms with van der Waals surface area (Å²) >= 11 is 4.87. The fourth-order valence-corrected chi connectivity index (χ4v) is 1.65. The van der Waals surface area contributed by atoms with Crippen molar-refractivity contribution in [2.24, 2.45) is 0 Å². The summed E-state index contributed by atoms with van der Waals surface area (Å²) in [6.07, 6.45) is -0.168. The van der Waals surface area contributed by atoms with Crippen LogP contribution in [0.2, 0.25) is 0 Å². The van der Waals surface area contributed by atoms with Gasteiger partial charge in [-0.2, -0.15) is 5.43 Å². The molecule has 1 fully saturated rings. The Bertz CT molecular complexity index is 362. The minimum absolute atomic E-state index is 0.168. The van der Waals surface area contributed by atoms with Gasteiger partial charge in [0.15, 0.2) is 6.23 Å². The lowest BCUT2D eigenvalue weighted by molar-refractivity contribution is 0.203. The molecule has 1 heterocycles. The first-order valence-electron chi connectivity index (χ1n) is 5.99. The monoisotopic (exact) mass is 252 g/mol. The Labute approximate surface area is 109 Å². The highest BCUT2D eigenvalue weighted by Gasteiger charge is 2.20. The number of thiocarbonyl (C=S) groups is 1. The van der Waals surface area contributed by atoms with Gasteiger partial charge in [0.25, 0.3) is 5.17 Å². The first kappa shape index (κ1) is 13.9. The van der Waals surface area contributed by atoms with E-state index in [-0.39, 0.29) is 6.23 Å². The summed E-state index contributed by atoms with van der Waals surface area (Å²) in [5, 5.41) is 0.396. The molecule has 1 atom stereocenters. The van der Waals surface area contributed by atoms with Crippen LogP contribution in [0.25, 0.3) is 0 Å². The molecule has 1 aliphatic heterocycles. The van der Waals surface area contributed by atoms with Crippen molar-refractivity contribution in [1.29, 1.82) is 0 Å². The second kappa shape index (κ2) is 6.57. The minimum atomic E-state index is -0.168. The zero-order valence-electron chi connectivity index (χ0n) is 10.8. The Morgan fingerprint density at radius 2 is 1.76 bits per heavy atom. The Kier molecular flexibility index (Phi) is 5.38. The van der Waals surface area contributed by atoms with Crippen LogP contribution >= 0.6 is 12.2 Å². The average Bonchev–Trinajstić information content (AvgIpc) is 2.79. The van der Waals surface area contributed by atoms with Gasteiger partial charge < -0.3 is 4.74 Å². The van der Waals surface area contributed by atoms with E-state index in [1.807, 2.05) is 13.8 Å². The summed E-state index contributed by atoms with van der Waals surface area (Å²) in [6.45, 7) is 8.35. The molecule has 0 saturated carbocycles. The van der Waals surface area contributed by atoms with E-state index in [1.165, 1.54) is 5.56 Å². The zero-order valence-corrected chi connectivity index (χ0v) is 11.6. The van der Waals surface area contributed by atoms with Crippen LogP contribution in [0.5, 0.6) is 0 Å². The summed E-state index contributed by atoms with van der Waals surface area (Å²) in [5.41, 5.74) is 8.12. The molecule has 3 nitrogen and oxygen atoms in total. The normalized spacial score (nSPS) is 18.2. The van der Waals surface area contributed by atoms with Crippen molar-refractivity contribution >= 4 is 17.4 Å². The Morgan fingerprint density at radius 3 is 2.18 bits per heavy atom. The van der Waals surface area contributed by atoms with Crippen LogP contribution < -0.4 is 10.9 Å². The van der Waals surface area contributed by atoms with E-state index < -0.39 is 0 Å². The van der Waals surface area contributed by atoms with Gasteiger partial charge in [-0.3, -0.25) is 5.43 Å². The lowest BCUT2D eigenvalue weighted by Gasteiger charge is -2.10. The largest absolute Gasteiger partial charge is 0.445 e. The summed E-state index contributed by atoms with van der Waals surface area (Å²) in [6, 6.07) is 8.35. The lowest BCUT2D eigenvalue weighted by Crippen LogP contribution is -2.26. The summed E-state index contributed by atoms with van der Waals surface area (Å²) in [4.78, 5) is 0. The van der Waals surface area contributed by atoms with Gasteiger partial charge in [0.2, 0.25) is 0 Å². The van der Waals surface area contributed by atoms with Crippen LogP contribution in [0.3, 0.4) is 0 Å². The molecule has 0 aromatic heterocycles. The van der Waals surface area contributed by atoms with E-state index in [1.54, 1.807) is 0 Å². The van der Waals surface area contributed by atoms with Crippen molar-refractivity contribution in [3.8, 4) is 0 Å². The molecular weight excluding hydrogens is 232 g/mol. The molecule has 0 bridgehead atoms. The van der Waals surface area contributed by atoms with Crippen LogP contribution in [0.1, 0.15) is 51.0 Å². The van der Waals surface area contributed by atoms with Crippen molar-refractivity contribution in [1.82, 2.24) is 10.9 Å². The molecule has 0 spiro atoms. The quantitative estimate of drug-likeness (QED) is 0.792. The van der Waals surface area contributed by atoms with Crippen LogP contribution in [0, 0.1) is 0 Å². The molecule has 1 unspecified atom stereocenters. The van der Waals surface area contributed by atoms with E-state index in [9.17, 15) is 0 Å². The number of hydrogen-bond donors (Lipinski definition) is 2. The van der Waals surface area contributed by atoms with Crippen molar-refractivity contribution in [2.75, 3.05) is 0 Å². The summed E-state index contributed by atoms with van der Waals surface area (Å²) < 4.78 is 5.36. The Hall–Kier alpha value is -1.13. The molecule has 2 N–H and O–H groups in total. The molecule has 17 heavy (non-hydrogen) atoms. The molecule has 1 aromatic carbocycles. The maximum Gasteiger partial charge on any atom is 0.273 e. The van der Waals surface area contributed by atoms with Gasteiger partial charge in [-0.15, -0.1) is 0 Å². The van der Waals surface area contributed by atoms with E-state index in [0.717, 1.165) is 5.56 Å². The Balaban J connectivity index is 0.000000686. The van der Waals surface area contributed by atoms with Gasteiger partial charge in [0.05, 0.1) is 0 Å². The first-order valence-corrected chi connectivity index (χ1v) is 6.39. The molecule has 0 radical (unpaired) electrons. The third kappa shape index (κ3) is 3.68. The molecule has 94 valence electrons. The fourth-order valence-electron chi connectivity index (χ4n) is 1.50. The number of hydrazine groups is 1. The second-order valence-corrected chi connectivity index (χ2v) is 4.25. The highest BCUT2D eigenvalue weighted by atomic mass is 32.1. The highest BCUT2D eigenvalue weighted by Crippen LogP contribution is 2.20. The lowest BCUT2D eigenvalue weighted by atomic mass is 10.0. The number of benzene rings is 1. The molecular formula is C13H20N2OS. The molecule has 2 rings (SSSR count). The number of hydrogen-bond acceptors (Lipinski definition) is 3. The van der Waals surface area contributed by atoms with E-state index in [0.29, 0.717) is 11.1 Å². The van der Waals surface area contributed by atoms with Crippen LogP contribution in [0.15, 0.2) is 24.3 Å². The number of rotatable bonds is 2. The maximum absolute atomic E-state index is 5.36. The summed E-state index contributed by atoms with van der Waals surface area (Å²) in [5.74, 6) is 0.552. The molecule has 1 aliphatic rings. The fraction of sp³-hybridized carbons (Fsp3) is 0.462. The van der Waals surface area contributed by atoms with Crippen LogP contribution in [-0.4, -0.2) is 5.17 Å². The topological polar surface area (TPSA) is 33.3 Å². The average molecular weight is 252 g/mol. The van der Waals surface area contributed by atoms with Crippen LogP contribution in [-0.2, 0) is 4.74 Å². The molecule has 0 amide bonds. The number of nitrogens with one attached hydrogen (secondary N) is 2. The second-order valence-electron chi connectivity index (χ2n) is 3.88. The summed E-state index contributed by atoms with van der Waals surface area (Å²) in [7, 11) is 0. The predicted molar refractivity (Wildman–Crippen MR) is 74.6 cm³/mol. The van der Waals surface area contributed by atoms with Gasteiger partial charge in [-0.1, -0.05) is 52.0 Å². The van der Waals surface area contributed by atoms with Crippen molar-refractivity contribution < 1.29 is 4.74 Å². The Morgan fingerprint density at radius 1 is 1.18 bits per heavy atom. The molecule has 4 heteroatoms. The standard InChI is InChI=1S/C11H14N2OS.C2H6/c1-7(2)8-3-5-9(6-4-8)10-12-13-11(15)14-10;1-2/h3-7,10,12H,1-2H3,(H,13,15);1-2H3. The van der Waals surface area contributed by atoms with Crippen molar-refractivity contribution in [3.63, 3.8) is 0 Å². The van der Waals surface area contributed by atoms with E-state index in [4.69, 9.17) is 17.0 Å². The van der Waals surface area contributed by atoms with Gasteiger partial charge in [0, 0.05) is 5.56 Å². The number of ether oxygens (including phenoxy) is 1. The van der Waals surface area contributed by atoms with E-state index in [2.05, 4.69) is 49.0 Å². The van der Waals surface area contributed by atoms with Crippen molar-refractivity contribution in [2.45, 2.75) is 39.8 Å². The van der Waals surface area contributed by atoms with E-state index >= 15 is 0 Å². The van der Waals surface area contributed by atoms with Gasteiger partial charge in [0.1, 0.15) is 0 Å². The molecule has 0 aliphatic carbocycles. The zero-order chi connectivity index (χ0) is 12.8. The third-order valence-electron chi connectivity index (χ3n) is 2.44. The predicted octanol–water partition coefficient (Wildman–Crippen LogP) is 3.24. The molecule has 1 saturated heterocycles. The maximum atomic E-state index is 5.36. The smallest absolute Gasteiger partial charge is 0.273 e. The van der Waals surface area contributed by atoms with Gasteiger partial charge in [-0.25, -0.2) is 0 Å².